The maximum absolute atomic E-state index is 12.1. The summed E-state index contributed by atoms with van der Waals surface area (Å²) in [6.07, 6.45) is 0. The van der Waals surface area contributed by atoms with Gasteiger partial charge in [-0.15, -0.1) is 0 Å². The Morgan fingerprint density at radius 2 is 1.89 bits per heavy atom. The first-order valence-corrected chi connectivity index (χ1v) is 5.79. The highest BCUT2D eigenvalue weighted by molar-refractivity contribution is 6.07. The van der Waals surface area contributed by atoms with Gasteiger partial charge < -0.3 is 0 Å². The van der Waals surface area contributed by atoms with E-state index < -0.39 is 0 Å². The molecule has 0 saturated heterocycles. The van der Waals surface area contributed by atoms with Crippen molar-refractivity contribution in [3.8, 4) is 0 Å². The second-order valence-corrected chi connectivity index (χ2v) is 4.39. The zero-order valence-corrected chi connectivity index (χ0v) is 10.3. The second-order valence-electron chi connectivity index (χ2n) is 4.39. The zero-order valence-electron chi connectivity index (χ0n) is 10.3. The molecule has 1 heterocycles. The summed E-state index contributed by atoms with van der Waals surface area (Å²) < 4.78 is 0. The number of nitrogens with one attached hydrogen (secondary N) is 1. The molecule has 4 heteroatoms. The Labute approximate surface area is 105 Å². The molecule has 18 heavy (non-hydrogen) atoms. The lowest BCUT2D eigenvalue weighted by atomic mass is 10.1. The number of aromatic amines is 1. The fraction of sp³-hybridized carbons (Fsp3) is 0.214. The SMILES string of the molecule is CC(C)c1cc(=O)c(C(=O)c2ccccc2)n[nH]1. The van der Waals surface area contributed by atoms with E-state index in [4.69, 9.17) is 0 Å². The number of carbonyl (C=O) groups excluding carboxylic acids is 1. The number of benzene rings is 1. The number of aromatic nitrogens is 2. The third kappa shape index (κ3) is 2.37. The maximum Gasteiger partial charge on any atom is 0.217 e. The van der Waals surface area contributed by atoms with E-state index in [1.807, 2.05) is 19.9 Å². The summed E-state index contributed by atoms with van der Waals surface area (Å²) in [6.45, 7) is 3.90. The highest BCUT2D eigenvalue weighted by atomic mass is 16.1. The largest absolute Gasteiger partial charge is 0.287 e. The van der Waals surface area contributed by atoms with Gasteiger partial charge in [0.15, 0.2) is 5.69 Å². The molecule has 1 N–H and O–H groups in total. The molecule has 0 spiro atoms. The Morgan fingerprint density at radius 3 is 2.44 bits per heavy atom. The number of nitrogens with zero attached hydrogens (tertiary/aromatic N) is 1. The van der Waals surface area contributed by atoms with Crippen molar-refractivity contribution in [1.29, 1.82) is 0 Å². The maximum atomic E-state index is 12.1. The Bertz CT molecular complexity index is 615. The third-order valence-corrected chi connectivity index (χ3v) is 2.69. The molecule has 2 aromatic rings. The minimum atomic E-state index is -0.354. The molecule has 1 aromatic carbocycles. The van der Waals surface area contributed by atoms with Crippen LogP contribution in [0, 0.1) is 0 Å². The van der Waals surface area contributed by atoms with E-state index in [2.05, 4.69) is 10.2 Å². The van der Waals surface area contributed by atoms with Crippen LogP contribution in [0.15, 0.2) is 41.2 Å². The van der Waals surface area contributed by atoms with Crippen molar-refractivity contribution >= 4 is 5.78 Å². The molecule has 1 aromatic heterocycles. The number of rotatable bonds is 3. The summed E-state index contributed by atoms with van der Waals surface area (Å²) in [4.78, 5) is 23.9. The van der Waals surface area contributed by atoms with Crippen LogP contribution < -0.4 is 5.43 Å². The van der Waals surface area contributed by atoms with E-state index >= 15 is 0 Å². The Kier molecular flexibility index (Phi) is 3.37. The molecule has 0 atom stereocenters. The van der Waals surface area contributed by atoms with Crippen LogP contribution in [0.1, 0.15) is 41.5 Å². The summed E-state index contributed by atoms with van der Waals surface area (Å²) in [7, 11) is 0. The van der Waals surface area contributed by atoms with E-state index in [0.29, 0.717) is 5.56 Å². The molecule has 0 aliphatic carbocycles. The monoisotopic (exact) mass is 242 g/mol. The molecule has 0 amide bonds. The van der Waals surface area contributed by atoms with Gasteiger partial charge in [0.1, 0.15) is 0 Å². The fourth-order valence-electron chi connectivity index (χ4n) is 1.60. The van der Waals surface area contributed by atoms with Crippen molar-refractivity contribution in [3.05, 3.63) is 63.6 Å². The zero-order chi connectivity index (χ0) is 13.1. The van der Waals surface area contributed by atoms with Crippen LogP contribution in [0.5, 0.6) is 0 Å². The highest BCUT2D eigenvalue weighted by Crippen LogP contribution is 2.09. The molecule has 0 unspecified atom stereocenters. The van der Waals surface area contributed by atoms with Gasteiger partial charge in [-0.1, -0.05) is 44.2 Å². The first-order valence-electron chi connectivity index (χ1n) is 5.79. The number of carbonyl (C=O) groups is 1. The topological polar surface area (TPSA) is 62.8 Å². The highest BCUT2D eigenvalue weighted by Gasteiger charge is 2.15. The number of H-pyrrole nitrogens is 1. The van der Waals surface area contributed by atoms with Crippen molar-refractivity contribution < 1.29 is 4.79 Å². The van der Waals surface area contributed by atoms with Gasteiger partial charge in [0, 0.05) is 17.3 Å². The van der Waals surface area contributed by atoms with Crippen LogP contribution in [-0.2, 0) is 0 Å². The summed E-state index contributed by atoms with van der Waals surface area (Å²) in [6, 6.07) is 10.1. The summed E-state index contributed by atoms with van der Waals surface area (Å²) in [5.41, 5.74) is 0.786. The summed E-state index contributed by atoms with van der Waals surface area (Å²) in [5.74, 6) is -0.182. The fourth-order valence-corrected chi connectivity index (χ4v) is 1.60. The molecule has 0 saturated carbocycles. The van der Waals surface area contributed by atoms with Crippen LogP contribution in [-0.4, -0.2) is 16.0 Å². The van der Waals surface area contributed by atoms with Gasteiger partial charge in [-0.2, -0.15) is 5.10 Å². The Hall–Kier alpha value is -2.23. The minimum Gasteiger partial charge on any atom is -0.287 e. The standard InChI is InChI=1S/C14H14N2O2/c1-9(2)11-8-12(17)13(16-15-11)14(18)10-6-4-3-5-7-10/h3-9H,1-2H3,(H,15,17). The number of ketones is 1. The molecule has 0 bridgehead atoms. The Balaban J connectivity index is 2.41. The van der Waals surface area contributed by atoms with Gasteiger partial charge in [-0.05, 0) is 5.92 Å². The second kappa shape index (κ2) is 4.96. The third-order valence-electron chi connectivity index (χ3n) is 2.69. The average molecular weight is 242 g/mol. The molecule has 0 fully saturated rings. The predicted octanol–water partition coefficient (Wildman–Crippen LogP) is 2.12. The van der Waals surface area contributed by atoms with Crippen LogP contribution in [0.2, 0.25) is 0 Å². The van der Waals surface area contributed by atoms with Crippen LogP contribution >= 0.6 is 0 Å². The van der Waals surface area contributed by atoms with E-state index in [-0.39, 0.29) is 22.8 Å². The van der Waals surface area contributed by atoms with Crippen LogP contribution in [0.4, 0.5) is 0 Å². The lowest BCUT2D eigenvalue weighted by molar-refractivity contribution is 0.103. The summed E-state index contributed by atoms with van der Waals surface area (Å²) >= 11 is 0. The average Bonchev–Trinajstić information content (AvgIpc) is 2.38. The van der Waals surface area contributed by atoms with Crippen molar-refractivity contribution in [2.24, 2.45) is 0 Å². The number of hydrogen-bond acceptors (Lipinski definition) is 3. The molecular formula is C14H14N2O2. The van der Waals surface area contributed by atoms with Gasteiger partial charge in [0.05, 0.1) is 0 Å². The predicted molar refractivity (Wildman–Crippen MR) is 68.8 cm³/mol. The molecule has 92 valence electrons. The normalized spacial score (nSPS) is 10.6. The van der Waals surface area contributed by atoms with E-state index in [9.17, 15) is 9.59 Å². The number of hydrogen-bond donors (Lipinski definition) is 1. The van der Waals surface area contributed by atoms with Gasteiger partial charge in [0.2, 0.25) is 11.2 Å². The first kappa shape index (κ1) is 12.2. The van der Waals surface area contributed by atoms with Crippen LogP contribution in [0.25, 0.3) is 0 Å². The van der Waals surface area contributed by atoms with Crippen molar-refractivity contribution in [1.82, 2.24) is 10.2 Å². The van der Waals surface area contributed by atoms with Gasteiger partial charge in [-0.25, -0.2) is 0 Å². The van der Waals surface area contributed by atoms with E-state index in [1.165, 1.54) is 6.07 Å². The summed E-state index contributed by atoms with van der Waals surface area (Å²) in [5, 5.41) is 6.65. The van der Waals surface area contributed by atoms with Crippen molar-refractivity contribution in [2.45, 2.75) is 19.8 Å². The molecule has 4 nitrogen and oxygen atoms in total. The quantitative estimate of drug-likeness (QED) is 0.838. The molecular weight excluding hydrogens is 228 g/mol. The lowest BCUT2D eigenvalue weighted by Crippen LogP contribution is -2.20. The van der Waals surface area contributed by atoms with E-state index in [1.54, 1.807) is 24.3 Å². The molecule has 0 aliphatic heterocycles. The van der Waals surface area contributed by atoms with Gasteiger partial charge in [0.25, 0.3) is 0 Å². The molecule has 2 rings (SSSR count). The van der Waals surface area contributed by atoms with Gasteiger partial charge in [-0.3, -0.25) is 14.7 Å². The smallest absolute Gasteiger partial charge is 0.217 e. The van der Waals surface area contributed by atoms with Crippen LogP contribution in [0.3, 0.4) is 0 Å². The lowest BCUT2D eigenvalue weighted by Gasteiger charge is -2.05. The Morgan fingerprint density at radius 1 is 1.22 bits per heavy atom. The van der Waals surface area contributed by atoms with Crippen molar-refractivity contribution in [3.63, 3.8) is 0 Å². The van der Waals surface area contributed by atoms with Gasteiger partial charge >= 0.3 is 0 Å². The molecule has 0 radical (unpaired) electrons. The molecule has 0 aliphatic rings. The van der Waals surface area contributed by atoms with E-state index in [0.717, 1.165) is 5.69 Å². The van der Waals surface area contributed by atoms with Crippen molar-refractivity contribution in [2.75, 3.05) is 0 Å². The minimum absolute atomic E-state index is 0.0643. The first-order chi connectivity index (χ1) is 8.59.